The zero-order valence-electron chi connectivity index (χ0n) is 11.9. The van der Waals surface area contributed by atoms with Crippen LogP contribution in [0.15, 0.2) is 22.7 Å². The van der Waals surface area contributed by atoms with Crippen LogP contribution < -0.4 is 4.74 Å². The van der Waals surface area contributed by atoms with Crippen LogP contribution in [0, 0.1) is 17.8 Å². The van der Waals surface area contributed by atoms with E-state index in [-0.39, 0.29) is 0 Å². The van der Waals surface area contributed by atoms with Crippen LogP contribution in [0.1, 0.15) is 49.4 Å². The second-order valence-electron chi connectivity index (χ2n) is 6.25. The van der Waals surface area contributed by atoms with Crippen molar-refractivity contribution in [2.24, 2.45) is 17.8 Å². The number of ether oxygens (including phenoxy) is 1. The quantitative estimate of drug-likeness (QED) is 0.540. The summed E-state index contributed by atoms with van der Waals surface area (Å²) in [6.07, 6.45) is 7.18. The van der Waals surface area contributed by atoms with E-state index in [0.29, 0.717) is 11.4 Å². The van der Waals surface area contributed by atoms with Crippen molar-refractivity contribution in [2.45, 2.75) is 43.9 Å². The average Bonchev–Trinajstić information content (AvgIpc) is 3.01. The van der Waals surface area contributed by atoms with Gasteiger partial charge in [-0.2, -0.15) is 0 Å². The second-order valence-corrected chi connectivity index (χ2v) is 8.21. The molecule has 0 N–H and O–H groups in total. The summed E-state index contributed by atoms with van der Waals surface area (Å²) in [4.78, 5) is 0.455. The van der Waals surface area contributed by atoms with E-state index in [1.165, 1.54) is 37.7 Å². The highest BCUT2D eigenvalue weighted by molar-refractivity contribution is 9.11. The Labute approximate surface area is 138 Å². The lowest BCUT2D eigenvalue weighted by Gasteiger charge is -2.24. The lowest BCUT2D eigenvalue weighted by molar-refractivity contribution is 0.313. The predicted molar refractivity (Wildman–Crippen MR) is 90.5 cm³/mol. The van der Waals surface area contributed by atoms with Gasteiger partial charge in [-0.3, -0.25) is 0 Å². The summed E-state index contributed by atoms with van der Waals surface area (Å²) in [5.41, 5.74) is 1.36. The van der Waals surface area contributed by atoms with E-state index in [1.807, 2.05) is 6.92 Å². The SMILES string of the molecule is CCOc1ccc(C(Br)CC2CC3CCC2C3)c(Br)c1. The normalized spacial score (nSPS) is 29.6. The molecule has 3 heteroatoms. The van der Waals surface area contributed by atoms with E-state index >= 15 is 0 Å². The fourth-order valence-corrected chi connectivity index (χ4v) is 5.90. The van der Waals surface area contributed by atoms with Crippen LogP contribution in [0.3, 0.4) is 0 Å². The first-order chi connectivity index (χ1) is 9.67. The highest BCUT2D eigenvalue weighted by Crippen LogP contribution is 2.52. The van der Waals surface area contributed by atoms with Gasteiger partial charge in [0.2, 0.25) is 0 Å². The fourth-order valence-electron chi connectivity index (χ4n) is 4.08. The molecule has 4 atom stereocenters. The molecule has 2 saturated carbocycles. The molecule has 110 valence electrons. The molecule has 0 saturated heterocycles. The van der Waals surface area contributed by atoms with Gasteiger partial charge in [-0.05, 0) is 68.1 Å². The van der Waals surface area contributed by atoms with Crippen LogP contribution in [0.5, 0.6) is 5.75 Å². The van der Waals surface area contributed by atoms with Gasteiger partial charge in [0.1, 0.15) is 5.75 Å². The summed E-state index contributed by atoms with van der Waals surface area (Å²) in [5.74, 6) is 3.91. The molecule has 2 bridgehead atoms. The third-order valence-corrected chi connectivity index (χ3v) is 6.57. The van der Waals surface area contributed by atoms with Crippen molar-refractivity contribution < 1.29 is 4.74 Å². The third kappa shape index (κ3) is 3.09. The molecular weight excluding hydrogens is 380 g/mol. The monoisotopic (exact) mass is 400 g/mol. The number of rotatable bonds is 5. The molecule has 2 fully saturated rings. The first kappa shape index (κ1) is 14.9. The van der Waals surface area contributed by atoms with Crippen LogP contribution >= 0.6 is 31.9 Å². The summed E-state index contributed by atoms with van der Waals surface area (Å²) < 4.78 is 6.71. The number of fused-ring (bicyclic) bond motifs is 2. The molecule has 0 spiro atoms. The van der Waals surface area contributed by atoms with E-state index in [1.54, 1.807) is 0 Å². The van der Waals surface area contributed by atoms with Crippen molar-refractivity contribution in [1.82, 2.24) is 0 Å². The number of hydrogen-bond donors (Lipinski definition) is 0. The molecule has 0 heterocycles. The lowest BCUT2D eigenvalue weighted by Crippen LogP contribution is -2.12. The summed E-state index contributed by atoms with van der Waals surface area (Å²) >= 11 is 7.61. The Morgan fingerprint density at radius 2 is 2.15 bits per heavy atom. The number of alkyl halides is 1. The highest BCUT2D eigenvalue weighted by atomic mass is 79.9. The Bertz CT molecular complexity index is 474. The minimum absolute atomic E-state index is 0.455. The first-order valence-electron chi connectivity index (χ1n) is 7.73. The van der Waals surface area contributed by atoms with Gasteiger partial charge in [0.15, 0.2) is 0 Å². The van der Waals surface area contributed by atoms with Crippen LogP contribution in [0.25, 0.3) is 0 Å². The molecule has 4 unspecified atom stereocenters. The van der Waals surface area contributed by atoms with Crippen LogP contribution in [-0.2, 0) is 0 Å². The largest absolute Gasteiger partial charge is 0.494 e. The van der Waals surface area contributed by atoms with Crippen molar-refractivity contribution in [3.63, 3.8) is 0 Å². The van der Waals surface area contributed by atoms with Crippen LogP contribution in [0.2, 0.25) is 0 Å². The molecule has 0 radical (unpaired) electrons. The van der Waals surface area contributed by atoms with Crippen molar-refractivity contribution in [3.05, 3.63) is 28.2 Å². The van der Waals surface area contributed by atoms with E-state index < -0.39 is 0 Å². The minimum Gasteiger partial charge on any atom is -0.494 e. The summed E-state index contributed by atoms with van der Waals surface area (Å²) in [6.45, 7) is 2.74. The number of benzene rings is 1. The van der Waals surface area contributed by atoms with E-state index in [0.717, 1.165) is 28.0 Å². The van der Waals surface area contributed by atoms with Gasteiger partial charge in [-0.15, -0.1) is 0 Å². The summed E-state index contributed by atoms with van der Waals surface area (Å²) in [6, 6.07) is 6.37. The standard InChI is InChI=1S/C17H22Br2O/c1-2-20-14-5-6-15(17(19)10-14)16(18)9-13-8-11-3-4-12(13)7-11/h5-6,10-13,16H,2-4,7-9H2,1H3. The van der Waals surface area contributed by atoms with Gasteiger partial charge < -0.3 is 4.74 Å². The molecule has 3 rings (SSSR count). The Morgan fingerprint density at radius 3 is 2.75 bits per heavy atom. The molecule has 2 aliphatic carbocycles. The Kier molecular flexibility index (Phi) is 4.76. The maximum Gasteiger partial charge on any atom is 0.120 e. The average molecular weight is 402 g/mol. The highest BCUT2D eigenvalue weighted by Gasteiger charge is 2.40. The molecule has 2 aliphatic rings. The number of halogens is 2. The summed E-state index contributed by atoms with van der Waals surface area (Å²) in [7, 11) is 0. The van der Waals surface area contributed by atoms with Crippen LogP contribution in [0.4, 0.5) is 0 Å². The minimum atomic E-state index is 0.455. The van der Waals surface area contributed by atoms with Crippen molar-refractivity contribution in [2.75, 3.05) is 6.61 Å². The van der Waals surface area contributed by atoms with Crippen molar-refractivity contribution in [1.29, 1.82) is 0 Å². The molecule has 1 aromatic carbocycles. The first-order valence-corrected chi connectivity index (χ1v) is 9.44. The Balaban J connectivity index is 1.66. The zero-order valence-corrected chi connectivity index (χ0v) is 15.1. The molecule has 1 nitrogen and oxygen atoms in total. The maximum atomic E-state index is 5.55. The van der Waals surface area contributed by atoms with Crippen molar-refractivity contribution in [3.8, 4) is 5.75 Å². The maximum absolute atomic E-state index is 5.55. The van der Waals surface area contributed by atoms with Crippen molar-refractivity contribution >= 4 is 31.9 Å². The van der Waals surface area contributed by atoms with Gasteiger partial charge in [-0.25, -0.2) is 0 Å². The molecular formula is C17H22Br2O. The number of hydrogen-bond acceptors (Lipinski definition) is 1. The van der Waals surface area contributed by atoms with Crippen LogP contribution in [-0.4, -0.2) is 6.61 Å². The van der Waals surface area contributed by atoms with Gasteiger partial charge >= 0.3 is 0 Å². The zero-order chi connectivity index (χ0) is 14.1. The second kappa shape index (κ2) is 6.39. The molecule has 0 amide bonds. The van der Waals surface area contributed by atoms with Gasteiger partial charge in [0.05, 0.1) is 6.61 Å². The third-order valence-electron chi connectivity index (χ3n) is 5.01. The molecule has 0 aliphatic heterocycles. The fraction of sp³-hybridized carbons (Fsp3) is 0.647. The molecule has 1 aromatic rings. The molecule has 0 aromatic heterocycles. The Hall–Kier alpha value is -0.0200. The van der Waals surface area contributed by atoms with E-state index in [9.17, 15) is 0 Å². The lowest BCUT2D eigenvalue weighted by atomic mass is 9.84. The smallest absolute Gasteiger partial charge is 0.120 e. The van der Waals surface area contributed by atoms with Gasteiger partial charge in [0.25, 0.3) is 0 Å². The topological polar surface area (TPSA) is 9.23 Å². The molecule has 20 heavy (non-hydrogen) atoms. The van der Waals surface area contributed by atoms with Gasteiger partial charge in [0, 0.05) is 9.30 Å². The van der Waals surface area contributed by atoms with Gasteiger partial charge in [-0.1, -0.05) is 44.3 Å². The van der Waals surface area contributed by atoms with E-state index in [2.05, 4.69) is 50.1 Å². The van der Waals surface area contributed by atoms with E-state index in [4.69, 9.17) is 4.74 Å². The Morgan fingerprint density at radius 1 is 1.30 bits per heavy atom. The predicted octanol–water partition coefficient (Wildman–Crippen LogP) is 6.11. The summed E-state index contributed by atoms with van der Waals surface area (Å²) in [5, 5.41) is 0.